The number of hydrogen-bond acceptors (Lipinski definition) is 4. The van der Waals surface area contributed by atoms with Gasteiger partial charge in [0.15, 0.2) is 0 Å². The van der Waals surface area contributed by atoms with Crippen LogP contribution < -0.4 is 0 Å². The molecule has 0 radical (unpaired) electrons. The van der Waals surface area contributed by atoms with Crippen molar-refractivity contribution in [2.75, 3.05) is 19.7 Å². The molecule has 1 aliphatic rings. The molecule has 1 saturated heterocycles. The first-order valence-corrected chi connectivity index (χ1v) is 7.73. The maximum atomic E-state index is 12.7. The Morgan fingerprint density at radius 1 is 1.45 bits per heavy atom. The number of aliphatic carboxylic acids is 1. The summed E-state index contributed by atoms with van der Waals surface area (Å²) in [4.78, 5) is 25.2. The van der Waals surface area contributed by atoms with Gasteiger partial charge in [-0.05, 0) is 18.9 Å². The molecular weight excluding hydrogens is 286 g/mol. The van der Waals surface area contributed by atoms with E-state index in [4.69, 9.17) is 9.84 Å². The molecule has 0 bridgehead atoms. The van der Waals surface area contributed by atoms with E-state index in [1.165, 1.54) is 0 Å². The number of carbonyl (C=O) groups is 2. The highest BCUT2D eigenvalue weighted by molar-refractivity contribution is 5.92. The van der Waals surface area contributed by atoms with E-state index in [0.29, 0.717) is 25.4 Å². The summed E-state index contributed by atoms with van der Waals surface area (Å²) >= 11 is 0. The average molecular weight is 309 g/mol. The monoisotopic (exact) mass is 309 g/mol. The Morgan fingerprint density at radius 2 is 2.18 bits per heavy atom. The molecule has 7 nitrogen and oxygen atoms in total. The van der Waals surface area contributed by atoms with Gasteiger partial charge in [-0.3, -0.25) is 14.3 Å². The van der Waals surface area contributed by atoms with E-state index in [2.05, 4.69) is 18.9 Å². The number of ether oxygens (including phenoxy) is 1. The van der Waals surface area contributed by atoms with Gasteiger partial charge in [0.1, 0.15) is 5.69 Å². The minimum absolute atomic E-state index is 0.0877. The SMILES string of the molecule is CCC(CC)n1nccc1C(=O)N1CCO[C@H](CC(=O)O)C1. The molecule has 1 aromatic rings. The van der Waals surface area contributed by atoms with Crippen molar-refractivity contribution in [3.8, 4) is 0 Å². The van der Waals surface area contributed by atoms with E-state index in [0.717, 1.165) is 12.8 Å². The third kappa shape index (κ3) is 3.65. The molecule has 2 rings (SSSR count). The van der Waals surface area contributed by atoms with E-state index in [9.17, 15) is 9.59 Å². The fourth-order valence-corrected chi connectivity index (χ4v) is 2.79. The summed E-state index contributed by atoms with van der Waals surface area (Å²) in [5, 5.41) is 13.1. The van der Waals surface area contributed by atoms with Crippen molar-refractivity contribution in [1.82, 2.24) is 14.7 Å². The topological polar surface area (TPSA) is 84.7 Å². The second-order valence-corrected chi connectivity index (χ2v) is 5.47. The van der Waals surface area contributed by atoms with Crippen molar-refractivity contribution in [2.45, 2.75) is 45.3 Å². The van der Waals surface area contributed by atoms with Gasteiger partial charge >= 0.3 is 5.97 Å². The fraction of sp³-hybridized carbons (Fsp3) is 0.667. The number of aromatic nitrogens is 2. The summed E-state index contributed by atoms with van der Waals surface area (Å²) in [5.74, 6) is -1.02. The molecule has 7 heteroatoms. The molecule has 1 aromatic heterocycles. The molecule has 0 aliphatic carbocycles. The van der Waals surface area contributed by atoms with Crippen molar-refractivity contribution in [3.05, 3.63) is 18.0 Å². The van der Waals surface area contributed by atoms with E-state index in [1.807, 2.05) is 0 Å². The molecule has 22 heavy (non-hydrogen) atoms. The summed E-state index contributed by atoms with van der Waals surface area (Å²) in [6.07, 6.45) is 2.92. The van der Waals surface area contributed by atoms with Gasteiger partial charge in [0, 0.05) is 19.3 Å². The molecule has 0 aromatic carbocycles. The number of morpholine rings is 1. The number of nitrogens with zero attached hydrogens (tertiary/aromatic N) is 3. The van der Waals surface area contributed by atoms with Gasteiger partial charge in [-0.25, -0.2) is 0 Å². The standard InChI is InChI=1S/C15H23N3O4/c1-3-11(4-2)18-13(5-6-16-18)15(21)17-7-8-22-12(10-17)9-14(19)20/h5-6,11-12H,3-4,7-10H2,1-2H3,(H,19,20)/t12-/m1/s1. The first-order chi connectivity index (χ1) is 10.6. The molecule has 0 unspecified atom stereocenters. The Kier molecular flexibility index (Phi) is 5.54. The van der Waals surface area contributed by atoms with Crippen LogP contribution in [0, 0.1) is 0 Å². The van der Waals surface area contributed by atoms with E-state index in [1.54, 1.807) is 21.8 Å². The van der Waals surface area contributed by atoms with Crippen LogP contribution in [0.25, 0.3) is 0 Å². The second-order valence-electron chi connectivity index (χ2n) is 5.47. The Morgan fingerprint density at radius 3 is 2.82 bits per heavy atom. The Labute approximate surface area is 129 Å². The summed E-state index contributed by atoms with van der Waals surface area (Å²) in [6, 6.07) is 1.92. The predicted molar refractivity (Wildman–Crippen MR) is 79.7 cm³/mol. The van der Waals surface area contributed by atoms with Crippen molar-refractivity contribution in [1.29, 1.82) is 0 Å². The minimum Gasteiger partial charge on any atom is -0.481 e. The van der Waals surface area contributed by atoms with Gasteiger partial charge in [-0.15, -0.1) is 0 Å². The zero-order chi connectivity index (χ0) is 16.1. The molecule has 0 saturated carbocycles. The Balaban J connectivity index is 2.11. The third-order valence-corrected chi connectivity index (χ3v) is 4.01. The fourth-order valence-electron chi connectivity index (χ4n) is 2.79. The molecule has 1 amide bonds. The van der Waals surface area contributed by atoms with Crippen molar-refractivity contribution >= 4 is 11.9 Å². The number of carbonyl (C=O) groups excluding carboxylic acids is 1. The second kappa shape index (κ2) is 7.40. The highest BCUT2D eigenvalue weighted by Gasteiger charge is 2.28. The lowest BCUT2D eigenvalue weighted by atomic mass is 10.1. The van der Waals surface area contributed by atoms with Gasteiger partial charge in [-0.1, -0.05) is 13.8 Å². The van der Waals surface area contributed by atoms with Gasteiger partial charge in [0.05, 0.1) is 25.2 Å². The molecule has 1 N–H and O–H groups in total. The lowest BCUT2D eigenvalue weighted by Gasteiger charge is -2.32. The normalized spacial score (nSPS) is 18.7. The van der Waals surface area contributed by atoms with Crippen LogP contribution in [-0.4, -0.2) is 57.5 Å². The van der Waals surface area contributed by atoms with Crippen molar-refractivity contribution < 1.29 is 19.4 Å². The summed E-state index contributed by atoms with van der Waals surface area (Å²) in [6.45, 7) is 5.29. The summed E-state index contributed by atoms with van der Waals surface area (Å²) < 4.78 is 7.19. The lowest BCUT2D eigenvalue weighted by Crippen LogP contribution is -2.46. The lowest BCUT2D eigenvalue weighted by molar-refractivity contribution is -0.141. The Bertz CT molecular complexity index is 525. The van der Waals surface area contributed by atoms with Crippen LogP contribution in [-0.2, 0) is 9.53 Å². The number of hydrogen-bond donors (Lipinski definition) is 1. The number of rotatable bonds is 6. The number of amides is 1. The van der Waals surface area contributed by atoms with Crippen LogP contribution in [0.5, 0.6) is 0 Å². The van der Waals surface area contributed by atoms with E-state index >= 15 is 0 Å². The Hall–Kier alpha value is -1.89. The minimum atomic E-state index is -0.915. The van der Waals surface area contributed by atoms with Crippen LogP contribution in [0.2, 0.25) is 0 Å². The largest absolute Gasteiger partial charge is 0.481 e. The maximum absolute atomic E-state index is 12.7. The molecule has 2 heterocycles. The molecular formula is C15H23N3O4. The summed E-state index contributed by atoms with van der Waals surface area (Å²) in [5.41, 5.74) is 0.560. The van der Waals surface area contributed by atoms with Crippen molar-refractivity contribution in [3.63, 3.8) is 0 Å². The average Bonchev–Trinajstić information content (AvgIpc) is 2.97. The third-order valence-electron chi connectivity index (χ3n) is 4.01. The molecule has 1 atom stereocenters. The zero-order valence-electron chi connectivity index (χ0n) is 13.1. The van der Waals surface area contributed by atoms with Crippen LogP contribution in [0.4, 0.5) is 0 Å². The molecule has 122 valence electrons. The molecule has 0 spiro atoms. The maximum Gasteiger partial charge on any atom is 0.306 e. The quantitative estimate of drug-likeness (QED) is 0.862. The zero-order valence-corrected chi connectivity index (χ0v) is 13.1. The van der Waals surface area contributed by atoms with E-state index < -0.39 is 12.1 Å². The van der Waals surface area contributed by atoms with Gasteiger partial charge in [0.2, 0.25) is 0 Å². The smallest absolute Gasteiger partial charge is 0.306 e. The highest BCUT2D eigenvalue weighted by atomic mass is 16.5. The first kappa shape index (κ1) is 16.5. The molecule has 1 aliphatic heterocycles. The van der Waals surface area contributed by atoms with Gasteiger partial charge < -0.3 is 14.7 Å². The number of carboxylic acids is 1. The van der Waals surface area contributed by atoms with Gasteiger partial charge in [0.25, 0.3) is 5.91 Å². The van der Waals surface area contributed by atoms with Crippen LogP contribution in [0.15, 0.2) is 12.3 Å². The highest BCUT2D eigenvalue weighted by Crippen LogP contribution is 2.19. The predicted octanol–water partition coefficient (Wildman–Crippen LogP) is 1.56. The van der Waals surface area contributed by atoms with Gasteiger partial charge in [-0.2, -0.15) is 5.10 Å². The van der Waals surface area contributed by atoms with Crippen LogP contribution in [0.1, 0.15) is 49.6 Å². The molecule has 1 fully saturated rings. The van der Waals surface area contributed by atoms with Crippen LogP contribution in [0.3, 0.4) is 0 Å². The first-order valence-electron chi connectivity index (χ1n) is 7.73. The summed E-state index contributed by atoms with van der Waals surface area (Å²) in [7, 11) is 0. The number of carboxylic acid groups (broad SMARTS) is 1. The van der Waals surface area contributed by atoms with Crippen molar-refractivity contribution in [2.24, 2.45) is 0 Å². The van der Waals surface area contributed by atoms with Crippen LogP contribution >= 0.6 is 0 Å². The van der Waals surface area contributed by atoms with E-state index in [-0.39, 0.29) is 18.4 Å².